The van der Waals surface area contributed by atoms with Gasteiger partial charge in [-0.25, -0.2) is 0 Å². The van der Waals surface area contributed by atoms with Gasteiger partial charge in [0.2, 0.25) is 5.91 Å². The third-order valence-corrected chi connectivity index (χ3v) is 3.69. The van der Waals surface area contributed by atoms with E-state index in [1.54, 1.807) is 0 Å². The normalized spacial score (nSPS) is 29.8. The SMILES string of the molecule is C/C=C1/CC(=O)NC2(CCNCC2)/C1=C/C. The molecule has 2 aliphatic heterocycles. The van der Waals surface area contributed by atoms with Crippen LogP contribution in [0, 0.1) is 0 Å². The predicted octanol–water partition coefficient (Wildman–Crippen LogP) is 1.52. The van der Waals surface area contributed by atoms with Crippen molar-refractivity contribution in [3.63, 3.8) is 0 Å². The van der Waals surface area contributed by atoms with E-state index in [1.165, 1.54) is 11.1 Å². The zero-order chi connectivity index (χ0) is 11.6. The van der Waals surface area contributed by atoms with Crippen LogP contribution in [0.5, 0.6) is 0 Å². The molecular formula is C13H20N2O. The summed E-state index contributed by atoms with van der Waals surface area (Å²) in [6, 6.07) is 0. The Morgan fingerprint density at radius 1 is 1.19 bits per heavy atom. The molecule has 0 aromatic heterocycles. The second-order valence-corrected chi connectivity index (χ2v) is 4.57. The highest BCUT2D eigenvalue weighted by Gasteiger charge is 2.41. The van der Waals surface area contributed by atoms with Crippen LogP contribution in [0.4, 0.5) is 0 Å². The molecule has 1 amide bonds. The molecule has 0 aliphatic carbocycles. The fourth-order valence-corrected chi connectivity index (χ4v) is 2.92. The minimum absolute atomic E-state index is 0.100. The molecule has 0 aromatic carbocycles. The maximum absolute atomic E-state index is 11.8. The molecule has 0 radical (unpaired) electrons. The fourth-order valence-electron chi connectivity index (χ4n) is 2.92. The van der Waals surface area contributed by atoms with Crippen molar-refractivity contribution in [1.82, 2.24) is 10.6 Å². The molecule has 0 aromatic rings. The lowest BCUT2D eigenvalue weighted by molar-refractivity contribution is -0.123. The second kappa shape index (κ2) is 4.42. The van der Waals surface area contributed by atoms with Crippen LogP contribution in [0.15, 0.2) is 23.3 Å². The quantitative estimate of drug-likeness (QED) is 0.650. The van der Waals surface area contributed by atoms with Gasteiger partial charge in [-0.3, -0.25) is 4.79 Å². The Kier molecular flexibility index (Phi) is 3.15. The van der Waals surface area contributed by atoms with E-state index >= 15 is 0 Å². The Morgan fingerprint density at radius 2 is 1.88 bits per heavy atom. The molecule has 2 N–H and O–H groups in total. The van der Waals surface area contributed by atoms with Crippen molar-refractivity contribution in [2.75, 3.05) is 13.1 Å². The molecule has 0 saturated carbocycles. The van der Waals surface area contributed by atoms with E-state index in [9.17, 15) is 4.79 Å². The van der Waals surface area contributed by atoms with Crippen molar-refractivity contribution in [3.8, 4) is 0 Å². The summed E-state index contributed by atoms with van der Waals surface area (Å²) in [4.78, 5) is 11.8. The van der Waals surface area contributed by atoms with E-state index in [2.05, 4.69) is 29.7 Å². The first-order valence-electron chi connectivity index (χ1n) is 6.06. The van der Waals surface area contributed by atoms with Crippen molar-refractivity contribution in [2.24, 2.45) is 0 Å². The van der Waals surface area contributed by atoms with Crippen molar-refractivity contribution in [2.45, 2.75) is 38.6 Å². The summed E-state index contributed by atoms with van der Waals surface area (Å²) in [5.74, 6) is 0.167. The fraction of sp³-hybridized carbons (Fsp3) is 0.615. The zero-order valence-electron chi connectivity index (χ0n) is 10.1. The number of carbonyl (C=O) groups is 1. The summed E-state index contributed by atoms with van der Waals surface area (Å²) in [6.45, 7) is 6.05. The molecule has 88 valence electrons. The summed E-state index contributed by atoms with van der Waals surface area (Å²) >= 11 is 0. The van der Waals surface area contributed by atoms with Crippen molar-refractivity contribution in [3.05, 3.63) is 23.3 Å². The standard InChI is InChI=1S/C13H20N2O/c1-3-10-9-12(16)15-13(11(10)4-2)5-7-14-8-6-13/h3-4,14H,5-9H2,1-2H3,(H,15,16)/b10-3-,11-4+. The van der Waals surface area contributed by atoms with Crippen molar-refractivity contribution >= 4 is 5.91 Å². The Labute approximate surface area is 97.0 Å². The van der Waals surface area contributed by atoms with E-state index < -0.39 is 0 Å². The van der Waals surface area contributed by atoms with Crippen LogP contribution in [0.1, 0.15) is 33.1 Å². The second-order valence-electron chi connectivity index (χ2n) is 4.57. The number of carbonyl (C=O) groups excluding carboxylic acids is 1. The molecule has 1 spiro atoms. The molecule has 2 fully saturated rings. The molecule has 0 bridgehead atoms. The van der Waals surface area contributed by atoms with Crippen LogP contribution >= 0.6 is 0 Å². The lowest BCUT2D eigenvalue weighted by atomic mass is 9.74. The van der Waals surface area contributed by atoms with Gasteiger partial charge in [-0.1, -0.05) is 12.2 Å². The molecule has 16 heavy (non-hydrogen) atoms. The van der Waals surface area contributed by atoms with Crippen LogP contribution < -0.4 is 10.6 Å². The lowest BCUT2D eigenvalue weighted by Gasteiger charge is -2.44. The molecular weight excluding hydrogens is 200 g/mol. The zero-order valence-corrected chi connectivity index (χ0v) is 10.1. The molecule has 0 unspecified atom stereocenters. The van der Waals surface area contributed by atoms with Gasteiger partial charge in [0.05, 0.1) is 12.0 Å². The van der Waals surface area contributed by atoms with E-state index in [0.29, 0.717) is 6.42 Å². The Balaban J connectivity index is 2.37. The highest BCUT2D eigenvalue weighted by Crippen LogP contribution is 2.36. The first-order valence-corrected chi connectivity index (χ1v) is 6.06. The number of hydrogen-bond acceptors (Lipinski definition) is 2. The summed E-state index contributed by atoms with van der Waals surface area (Å²) in [5.41, 5.74) is 2.43. The minimum atomic E-state index is -0.100. The summed E-state index contributed by atoms with van der Waals surface area (Å²) in [5, 5.41) is 6.56. The summed E-state index contributed by atoms with van der Waals surface area (Å²) < 4.78 is 0. The van der Waals surface area contributed by atoms with E-state index in [0.717, 1.165) is 25.9 Å². The molecule has 3 nitrogen and oxygen atoms in total. The van der Waals surface area contributed by atoms with Gasteiger partial charge in [0.15, 0.2) is 0 Å². The number of amides is 1. The van der Waals surface area contributed by atoms with Gasteiger partial charge >= 0.3 is 0 Å². The minimum Gasteiger partial charge on any atom is -0.346 e. The largest absolute Gasteiger partial charge is 0.346 e. The first kappa shape index (κ1) is 11.4. The molecule has 3 heteroatoms. The van der Waals surface area contributed by atoms with Gasteiger partial charge in [0, 0.05) is 0 Å². The number of allylic oxidation sites excluding steroid dienone is 2. The predicted molar refractivity (Wildman–Crippen MR) is 65.1 cm³/mol. The highest BCUT2D eigenvalue weighted by atomic mass is 16.1. The average Bonchev–Trinajstić information content (AvgIpc) is 2.29. The molecule has 0 atom stereocenters. The topological polar surface area (TPSA) is 41.1 Å². The Hall–Kier alpha value is -1.09. The number of rotatable bonds is 0. The molecule has 2 saturated heterocycles. The van der Waals surface area contributed by atoms with Crippen LogP contribution in [0.3, 0.4) is 0 Å². The van der Waals surface area contributed by atoms with Gasteiger partial charge in [0.1, 0.15) is 0 Å². The van der Waals surface area contributed by atoms with Crippen LogP contribution in [-0.4, -0.2) is 24.5 Å². The van der Waals surface area contributed by atoms with E-state index in [1.807, 2.05) is 6.92 Å². The van der Waals surface area contributed by atoms with Crippen LogP contribution in [0.25, 0.3) is 0 Å². The average molecular weight is 220 g/mol. The number of nitrogens with one attached hydrogen (secondary N) is 2. The smallest absolute Gasteiger partial charge is 0.225 e. The summed E-state index contributed by atoms with van der Waals surface area (Å²) in [6.07, 6.45) is 6.77. The van der Waals surface area contributed by atoms with Crippen molar-refractivity contribution in [1.29, 1.82) is 0 Å². The number of hydrogen-bond donors (Lipinski definition) is 2. The van der Waals surface area contributed by atoms with E-state index in [-0.39, 0.29) is 11.4 Å². The van der Waals surface area contributed by atoms with Gasteiger partial charge in [-0.15, -0.1) is 0 Å². The Morgan fingerprint density at radius 3 is 2.44 bits per heavy atom. The maximum atomic E-state index is 11.8. The van der Waals surface area contributed by atoms with E-state index in [4.69, 9.17) is 0 Å². The lowest BCUT2D eigenvalue weighted by Crippen LogP contribution is -2.58. The summed E-state index contributed by atoms with van der Waals surface area (Å²) in [7, 11) is 0. The highest BCUT2D eigenvalue weighted by molar-refractivity contribution is 5.84. The van der Waals surface area contributed by atoms with Gasteiger partial charge in [-0.2, -0.15) is 0 Å². The monoisotopic (exact) mass is 220 g/mol. The first-order chi connectivity index (χ1) is 7.72. The number of piperidine rings is 2. The third-order valence-electron chi connectivity index (χ3n) is 3.69. The third kappa shape index (κ3) is 1.80. The van der Waals surface area contributed by atoms with Gasteiger partial charge in [0.25, 0.3) is 0 Å². The van der Waals surface area contributed by atoms with Crippen molar-refractivity contribution < 1.29 is 4.79 Å². The van der Waals surface area contributed by atoms with Crippen LogP contribution in [0.2, 0.25) is 0 Å². The maximum Gasteiger partial charge on any atom is 0.225 e. The van der Waals surface area contributed by atoms with Gasteiger partial charge in [-0.05, 0) is 50.9 Å². The molecule has 2 rings (SSSR count). The molecule has 2 aliphatic rings. The van der Waals surface area contributed by atoms with Crippen LogP contribution in [-0.2, 0) is 4.79 Å². The van der Waals surface area contributed by atoms with Gasteiger partial charge < -0.3 is 10.6 Å². The molecule has 2 heterocycles. The Bertz CT molecular complexity index is 349.